The maximum atomic E-state index is 11.0. The van der Waals surface area contributed by atoms with E-state index in [2.05, 4.69) is 10.3 Å². The van der Waals surface area contributed by atoms with Gasteiger partial charge in [-0.15, -0.1) is 0 Å². The van der Waals surface area contributed by atoms with Gasteiger partial charge in [0.2, 0.25) is 0 Å². The molecule has 88 valence electrons. The maximum Gasteiger partial charge on any atom is 0.335 e. The molecule has 1 atom stereocenters. The third-order valence-electron chi connectivity index (χ3n) is 3.47. The van der Waals surface area contributed by atoms with Crippen LogP contribution in [0.4, 0.5) is 5.69 Å². The van der Waals surface area contributed by atoms with Crippen LogP contribution in [0.1, 0.15) is 34.7 Å². The van der Waals surface area contributed by atoms with Gasteiger partial charge in [0, 0.05) is 18.2 Å². The molecule has 17 heavy (non-hydrogen) atoms. The van der Waals surface area contributed by atoms with Crippen LogP contribution >= 0.6 is 0 Å². The zero-order valence-electron chi connectivity index (χ0n) is 9.44. The number of rotatable bonds is 1. The molecule has 1 aromatic carbocycles. The SMILES string of the molecule is O=C(O)c1ccc2c(c1)C1CCCNCC1=N2. The van der Waals surface area contributed by atoms with Crippen molar-refractivity contribution in [3.05, 3.63) is 29.3 Å². The van der Waals surface area contributed by atoms with E-state index in [-0.39, 0.29) is 0 Å². The molecule has 0 radical (unpaired) electrons. The molecule has 0 spiro atoms. The van der Waals surface area contributed by atoms with Gasteiger partial charge >= 0.3 is 5.97 Å². The predicted molar refractivity (Wildman–Crippen MR) is 65.3 cm³/mol. The van der Waals surface area contributed by atoms with Gasteiger partial charge in [-0.2, -0.15) is 0 Å². The first kappa shape index (κ1) is 10.5. The number of fused-ring (bicyclic) bond motifs is 3. The Morgan fingerprint density at radius 2 is 2.35 bits per heavy atom. The van der Waals surface area contributed by atoms with Gasteiger partial charge in [-0.1, -0.05) is 0 Å². The summed E-state index contributed by atoms with van der Waals surface area (Å²) >= 11 is 0. The number of benzene rings is 1. The summed E-state index contributed by atoms with van der Waals surface area (Å²) in [6.45, 7) is 1.84. The second kappa shape index (κ2) is 3.96. The third kappa shape index (κ3) is 1.74. The van der Waals surface area contributed by atoms with E-state index >= 15 is 0 Å². The van der Waals surface area contributed by atoms with Crippen LogP contribution in [0.25, 0.3) is 0 Å². The van der Waals surface area contributed by atoms with Crippen LogP contribution in [0.2, 0.25) is 0 Å². The predicted octanol–water partition coefficient (Wildman–Crippen LogP) is 1.94. The van der Waals surface area contributed by atoms with E-state index in [0.29, 0.717) is 11.5 Å². The highest BCUT2D eigenvalue weighted by molar-refractivity contribution is 6.00. The minimum Gasteiger partial charge on any atom is -0.478 e. The van der Waals surface area contributed by atoms with Crippen LogP contribution in [-0.4, -0.2) is 29.9 Å². The molecule has 1 fully saturated rings. The first-order valence-electron chi connectivity index (χ1n) is 5.91. The summed E-state index contributed by atoms with van der Waals surface area (Å²) in [5, 5.41) is 12.4. The summed E-state index contributed by atoms with van der Waals surface area (Å²) < 4.78 is 0. The van der Waals surface area contributed by atoms with E-state index in [1.165, 1.54) is 0 Å². The van der Waals surface area contributed by atoms with Gasteiger partial charge in [0.1, 0.15) is 0 Å². The first-order chi connectivity index (χ1) is 8.25. The molecule has 4 nitrogen and oxygen atoms in total. The van der Waals surface area contributed by atoms with E-state index in [4.69, 9.17) is 5.11 Å². The van der Waals surface area contributed by atoms with E-state index < -0.39 is 5.97 Å². The van der Waals surface area contributed by atoms with Crippen molar-refractivity contribution in [3.8, 4) is 0 Å². The molecular weight excluding hydrogens is 216 g/mol. The van der Waals surface area contributed by atoms with Gasteiger partial charge in [0.25, 0.3) is 0 Å². The lowest BCUT2D eigenvalue weighted by Crippen LogP contribution is -2.21. The van der Waals surface area contributed by atoms with Gasteiger partial charge in [-0.05, 0) is 43.1 Å². The Morgan fingerprint density at radius 3 is 3.18 bits per heavy atom. The average molecular weight is 230 g/mol. The number of carboxylic acids is 1. The Morgan fingerprint density at radius 1 is 1.47 bits per heavy atom. The topological polar surface area (TPSA) is 61.7 Å². The molecule has 0 amide bonds. The van der Waals surface area contributed by atoms with Crippen LogP contribution < -0.4 is 5.32 Å². The highest BCUT2D eigenvalue weighted by Crippen LogP contribution is 2.39. The normalized spacial score (nSPS) is 22.4. The molecular formula is C13H14N2O2. The Labute approximate surface area is 99.4 Å². The standard InChI is InChI=1S/C13H14N2O2/c16-13(17)8-3-4-11-10(6-8)9-2-1-5-14-7-12(9)15-11/h3-4,6,9,14H,1-2,5,7H2,(H,16,17). The number of carbonyl (C=O) groups is 1. The zero-order chi connectivity index (χ0) is 11.8. The fourth-order valence-corrected chi connectivity index (χ4v) is 2.61. The number of hydrogen-bond donors (Lipinski definition) is 2. The number of aliphatic imine (C=N–C) groups is 1. The Hall–Kier alpha value is -1.68. The molecule has 1 unspecified atom stereocenters. The Balaban J connectivity index is 2.02. The minimum absolute atomic E-state index is 0.319. The monoisotopic (exact) mass is 230 g/mol. The van der Waals surface area contributed by atoms with Crippen LogP contribution in [0.5, 0.6) is 0 Å². The lowest BCUT2D eigenvalue weighted by molar-refractivity contribution is 0.0697. The zero-order valence-corrected chi connectivity index (χ0v) is 9.44. The van der Waals surface area contributed by atoms with Crippen molar-refractivity contribution >= 4 is 17.4 Å². The van der Waals surface area contributed by atoms with Crippen molar-refractivity contribution in [2.24, 2.45) is 4.99 Å². The van der Waals surface area contributed by atoms with Gasteiger partial charge in [0.05, 0.1) is 11.3 Å². The summed E-state index contributed by atoms with van der Waals surface area (Å²) in [6.07, 6.45) is 2.17. The van der Waals surface area contributed by atoms with Crippen molar-refractivity contribution < 1.29 is 9.90 Å². The van der Waals surface area contributed by atoms with Crippen molar-refractivity contribution in [1.82, 2.24) is 5.32 Å². The number of hydrogen-bond acceptors (Lipinski definition) is 3. The number of nitrogens with zero attached hydrogens (tertiary/aromatic N) is 1. The Kier molecular flexibility index (Phi) is 2.44. The van der Waals surface area contributed by atoms with E-state index in [0.717, 1.165) is 42.9 Å². The molecule has 2 N–H and O–H groups in total. The molecule has 4 heteroatoms. The van der Waals surface area contributed by atoms with Crippen molar-refractivity contribution in [2.45, 2.75) is 18.8 Å². The van der Waals surface area contributed by atoms with Crippen molar-refractivity contribution in [1.29, 1.82) is 0 Å². The van der Waals surface area contributed by atoms with E-state index in [1.54, 1.807) is 12.1 Å². The third-order valence-corrected chi connectivity index (χ3v) is 3.47. The van der Waals surface area contributed by atoms with Crippen LogP contribution in [-0.2, 0) is 0 Å². The maximum absolute atomic E-state index is 11.0. The molecule has 2 heterocycles. The lowest BCUT2D eigenvalue weighted by atomic mass is 9.91. The quantitative estimate of drug-likeness (QED) is 0.775. The fraction of sp³-hybridized carbons (Fsp3) is 0.385. The van der Waals surface area contributed by atoms with Crippen LogP contribution in [0, 0.1) is 0 Å². The molecule has 1 saturated heterocycles. The fourth-order valence-electron chi connectivity index (χ4n) is 2.61. The summed E-state index contributed by atoms with van der Waals surface area (Å²) in [6, 6.07) is 5.23. The molecule has 0 saturated carbocycles. The largest absolute Gasteiger partial charge is 0.478 e. The second-order valence-electron chi connectivity index (χ2n) is 4.55. The highest BCUT2D eigenvalue weighted by atomic mass is 16.4. The molecule has 0 bridgehead atoms. The highest BCUT2D eigenvalue weighted by Gasteiger charge is 2.28. The number of aromatic carboxylic acids is 1. The molecule has 0 aromatic heterocycles. The molecule has 1 aromatic rings. The van der Waals surface area contributed by atoms with Gasteiger partial charge in [-0.3, -0.25) is 4.99 Å². The summed E-state index contributed by atoms with van der Waals surface area (Å²) in [7, 11) is 0. The Bertz CT molecular complexity index is 508. The van der Waals surface area contributed by atoms with Crippen molar-refractivity contribution in [2.75, 3.05) is 13.1 Å². The number of carboxylic acid groups (broad SMARTS) is 1. The summed E-state index contributed by atoms with van der Waals surface area (Å²) in [5.41, 5.74) is 3.54. The van der Waals surface area contributed by atoms with Crippen molar-refractivity contribution in [3.63, 3.8) is 0 Å². The summed E-state index contributed by atoms with van der Waals surface area (Å²) in [5.74, 6) is -0.549. The second-order valence-corrected chi connectivity index (χ2v) is 4.55. The molecule has 3 rings (SSSR count). The van der Waals surface area contributed by atoms with Crippen LogP contribution in [0.3, 0.4) is 0 Å². The van der Waals surface area contributed by atoms with Gasteiger partial charge < -0.3 is 10.4 Å². The molecule has 2 aliphatic heterocycles. The smallest absolute Gasteiger partial charge is 0.335 e. The minimum atomic E-state index is -0.868. The summed E-state index contributed by atoms with van der Waals surface area (Å²) in [4.78, 5) is 15.6. The lowest BCUT2D eigenvalue weighted by Gasteiger charge is -2.10. The average Bonchev–Trinajstić information content (AvgIpc) is 2.51. The number of nitrogens with one attached hydrogen (secondary N) is 1. The van der Waals surface area contributed by atoms with E-state index in [1.807, 2.05) is 6.07 Å². The van der Waals surface area contributed by atoms with E-state index in [9.17, 15) is 4.79 Å². The van der Waals surface area contributed by atoms with Crippen LogP contribution in [0.15, 0.2) is 23.2 Å². The van der Waals surface area contributed by atoms with Gasteiger partial charge in [0.15, 0.2) is 0 Å². The molecule has 2 aliphatic rings. The first-order valence-corrected chi connectivity index (χ1v) is 5.91. The van der Waals surface area contributed by atoms with Gasteiger partial charge in [-0.25, -0.2) is 4.79 Å². The molecule has 0 aliphatic carbocycles.